The summed E-state index contributed by atoms with van der Waals surface area (Å²) in [6, 6.07) is 4.88. The van der Waals surface area contributed by atoms with E-state index < -0.39 is 0 Å². The molecule has 0 amide bonds. The molecule has 3 nitrogen and oxygen atoms in total. The van der Waals surface area contributed by atoms with E-state index in [1.54, 1.807) is 0 Å². The lowest BCUT2D eigenvalue weighted by Crippen LogP contribution is -2.36. The average molecular weight is 233 g/mol. The van der Waals surface area contributed by atoms with Gasteiger partial charge in [0.1, 0.15) is 0 Å². The molecule has 0 radical (unpaired) electrons. The number of aromatic nitrogens is 1. The highest BCUT2D eigenvalue weighted by Gasteiger charge is 2.10. The highest BCUT2D eigenvalue weighted by Crippen LogP contribution is 2.09. The van der Waals surface area contributed by atoms with Gasteiger partial charge < -0.3 is 10.6 Å². The van der Waals surface area contributed by atoms with Crippen LogP contribution in [0.2, 0.25) is 0 Å². The summed E-state index contributed by atoms with van der Waals surface area (Å²) in [5.41, 5.74) is 1.32. The number of nitrogens with one attached hydrogen (secondary N) is 2. The number of hydrogen-bond acceptors (Lipinski definition) is 3. The van der Waals surface area contributed by atoms with Crippen LogP contribution in [0.15, 0.2) is 24.5 Å². The minimum atomic E-state index is 0.745. The molecule has 0 aliphatic carbocycles. The lowest BCUT2D eigenvalue weighted by molar-refractivity contribution is 0.377. The van der Waals surface area contributed by atoms with Crippen LogP contribution in [0.4, 0.5) is 0 Å². The minimum Gasteiger partial charge on any atom is -0.316 e. The topological polar surface area (TPSA) is 37.0 Å². The first-order valence-corrected chi connectivity index (χ1v) is 6.78. The molecule has 0 spiro atoms. The summed E-state index contributed by atoms with van der Waals surface area (Å²) in [4.78, 5) is 4.12. The molecule has 1 atom stereocenters. The van der Waals surface area contributed by atoms with Crippen LogP contribution in [-0.2, 0) is 6.42 Å². The third-order valence-electron chi connectivity index (χ3n) is 3.40. The average Bonchev–Trinajstić information content (AvgIpc) is 2.41. The Bertz CT molecular complexity index is 294. The summed E-state index contributed by atoms with van der Waals surface area (Å²) in [6.07, 6.45) is 10.2. The van der Waals surface area contributed by atoms with Crippen molar-refractivity contribution in [1.82, 2.24) is 15.6 Å². The Labute approximate surface area is 104 Å². The van der Waals surface area contributed by atoms with E-state index >= 15 is 0 Å². The van der Waals surface area contributed by atoms with Gasteiger partial charge >= 0.3 is 0 Å². The number of pyridine rings is 1. The van der Waals surface area contributed by atoms with Crippen molar-refractivity contribution < 1.29 is 0 Å². The molecule has 94 valence electrons. The molecule has 17 heavy (non-hydrogen) atoms. The second-order valence-electron chi connectivity index (χ2n) is 4.80. The van der Waals surface area contributed by atoms with Gasteiger partial charge in [0.05, 0.1) is 0 Å². The van der Waals surface area contributed by atoms with Gasteiger partial charge in [0.15, 0.2) is 0 Å². The van der Waals surface area contributed by atoms with Gasteiger partial charge in [-0.25, -0.2) is 0 Å². The van der Waals surface area contributed by atoms with Crippen LogP contribution in [0.25, 0.3) is 0 Å². The fourth-order valence-corrected chi connectivity index (χ4v) is 2.35. The van der Waals surface area contributed by atoms with Crippen LogP contribution in [-0.4, -0.2) is 30.7 Å². The molecule has 1 fully saturated rings. The SMILES string of the molecule is c1cncc(CCNCCC2CCCCN2)c1. The minimum absolute atomic E-state index is 0.745. The molecule has 3 heteroatoms. The van der Waals surface area contributed by atoms with Gasteiger partial charge in [0.2, 0.25) is 0 Å². The number of hydrogen-bond donors (Lipinski definition) is 2. The van der Waals surface area contributed by atoms with Crippen molar-refractivity contribution >= 4 is 0 Å². The molecule has 2 heterocycles. The van der Waals surface area contributed by atoms with Crippen LogP contribution in [0.3, 0.4) is 0 Å². The maximum Gasteiger partial charge on any atom is 0.0300 e. The summed E-state index contributed by atoms with van der Waals surface area (Å²) in [6.45, 7) is 3.39. The lowest BCUT2D eigenvalue weighted by Gasteiger charge is -2.23. The summed E-state index contributed by atoms with van der Waals surface area (Å²) >= 11 is 0. The largest absolute Gasteiger partial charge is 0.316 e. The Morgan fingerprint density at radius 1 is 1.35 bits per heavy atom. The van der Waals surface area contributed by atoms with E-state index in [2.05, 4.69) is 21.7 Å². The first-order valence-electron chi connectivity index (χ1n) is 6.78. The van der Waals surface area contributed by atoms with E-state index in [4.69, 9.17) is 0 Å². The molecule has 2 rings (SSSR count). The quantitative estimate of drug-likeness (QED) is 0.735. The van der Waals surface area contributed by atoms with E-state index in [1.165, 1.54) is 37.8 Å². The molecule has 2 N–H and O–H groups in total. The van der Waals surface area contributed by atoms with E-state index in [0.29, 0.717) is 0 Å². The molecular weight excluding hydrogens is 210 g/mol. The predicted octanol–water partition coefficient (Wildman–Crippen LogP) is 1.75. The zero-order valence-corrected chi connectivity index (χ0v) is 10.5. The van der Waals surface area contributed by atoms with Crippen molar-refractivity contribution in [2.75, 3.05) is 19.6 Å². The Morgan fingerprint density at radius 3 is 3.12 bits per heavy atom. The third-order valence-corrected chi connectivity index (χ3v) is 3.40. The highest BCUT2D eigenvalue weighted by atomic mass is 14.9. The predicted molar refractivity (Wildman–Crippen MR) is 71.1 cm³/mol. The zero-order valence-electron chi connectivity index (χ0n) is 10.5. The van der Waals surface area contributed by atoms with E-state index in [-0.39, 0.29) is 0 Å². The molecular formula is C14H23N3. The highest BCUT2D eigenvalue weighted by molar-refractivity contribution is 5.08. The normalized spacial score (nSPS) is 20.4. The van der Waals surface area contributed by atoms with E-state index in [1.807, 2.05) is 18.5 Å². The first kappa shape index (κ1) is 12.5. The van der Waals surface area contributed by atoms with E-state index in [9.17, 15) is 0 Å². The van der Waals surface area contributed by atoms with Gasteiger partial charge in [-0.1, -0.05) is 12.5 Å². The second kappa shape index (κ2) is 7.41. The van der Waals surface area contributed by atoms with Gasteiger partial charge in [0, 0.05) is 18.4 Å². The zero-order chi connectivity index (χ0) is 11.8. The molecule has 1 saturated heterocycles. The van der Waals surface area contributed by atoms with Crippen LogP contribution >= 0.6 is 0 Å². The summed E-state index contributed by atoms with van der Waals surface area (Å²) in [5, 5.41) is 7.09. The lowest BCUT2D eigenvalue weighted by atomic mass is 10.0. The molecule has 0 bridgehead atoms. The van der Waals surface area contributed by atoms with Gasteiger partial charge in [-0.05, 0) is 56.9 Å². The Balaban J connectivity index is 1.51. The summed E-state index contributed by atoms with van der Waals surface area (Å²) in [7, 11) is 0. The summed E-state index contributed by atoms with van der Waals surface area (Å²) < 4.78 is 0. The summed E-state index contributed by atoms with van der Waals surface area (Å²) in [5.74, 6) is 0. The van der Waals surface area contributed by atoms with Crippen LogP contribution in [0.5, 0.6) is 0 Å². The van der Waals surface area contributed by atoms with Crippen molar-refractivity contribution in [2.45, 2.75) is 38.1 Å². The Kier molecular flexibility index (Phi) is 5.46. The maximum absolute atomic E-state index is 4.12. The second-order valence-corrected chi connectivity index (χ2v) is 4.80. The van der Waals surface area contributed by atoms with Crippen molar-refractivity contribution in [2.24, 2.45) is 0 Å². The molecule has 0 aromatic carbocycles. The molecule has 1 aromatic heterocycles. The monoisotopic (exact) mass is 233 g/mol. The number of piperidine rings is 1. The smallest absolute Gasteiger partial charge is 0.0300 e. The standard InChI is InChI=1S/C14H23N3/c1-2-9-17-14(5-1)7-11-15-10-6-13-4-3-8-16-12-13/h3-4,8,12,14-15,17H,1-2,5-7,9-11H2. The molecule has 1 aromatic rings. The fraction of sp³-hybridized carbons (Fsp3) is 0.643. The fourth-order valence-electron chi connectivity index (χ4n) is 2.35. The molecule has 1 unspecified atom stereocenters. The van der Waals surface area contributed by atoms with Crippen LogP contribution in [0.1, 0.15) is 31.2 Å². The van der Waals surface area contributed by atoms with Gasteiger partial charge in [-0.15, -0.1) is 0 Å². The van der Waals surface area contributed by atoms with Crippen LogP contribution < -0.4 is 10.6 Å². The van der Waals surface area contributed by atoms with Crippen molar-refractivity contribution in [3.63, 3.8) is 0 Å². The van der Waals surface area contributed by atoms with Crippen molar-refractivity contribution in [3.05, 3.63) is 30.1 Å². The number of rotatable bonds is 6. The van der Waals surface area contributed by atoms with Gasteiger partial charge in [-0.3, -0.25) is 4.98 Å². The molecule has 0 saturated carbocycles. The first-order chi connectivity index (χ1) is 8.45. The van der Waals surface area contributed by atoms with Crippen LogP contribution in [0, 0.1) is 0 Å². The van der Waals surface area contributed by atoms with Crippen molar-refractivity contribution in [1.29, 1.82) is 0 Å². The van der Waals surface area contributed by atoms with E-state index in [0.717, 1.165) is 25.6 Å². The molecule has 1 aliphatic heterocycles. The number of nitrogens with zero attached hydrogens (tertiary/aromatic N) is 1. The maximum atomic E-state index is 4.12. The molecule has 1 aliphatic rings. The third kappa shape index (κ3) is 4.84. The van der Waals surface area contributed by atoms with Crippen molar-refractivity contribution in [3.8, 4) is 0 Å². The Morgan fingerprint density at radius 2 is 2.35 bits per heavy atom. The van der Waals surface area contributed by atoms with Gasteiger partial charge in [0.25, 0.3) is 0 Å². The Hall–Kier alpha value is -0.930. The van der Waals surface area contributed by atoms with Gasteiger partial charge in [-0.2, -0.15) is 0 Å².